The largest absolute Gasteiger partial charge is 0.478 e. The van der Waals surface area contributed by atoms with Crippen LogP contribution in [0.5, 0.6) is 5.75 Å². The fraction of sp³-hybridized carbons (Fsp3) is 0.462. The van der Waals surface area contributed by atoms with Crippen molar-refractivity contribution in [2.24, 2.45) is 0 Å². The molecule has 1 heterocycles. The molecule has 0 fully saturated rings. The quantitative estimate of drug-likeness (QED) is 0.618. The summed E-state index contributed by atoms with van der Waals surface area (Å²) >= 11 is 0. The van der Waals surface area contributed by atoms with Crippen LogP contribution < -0.4 is 9.64 Å². The van der Waals surface area contributed by atoms with E-state index in [0.717, 1.165) is 6.42 Å². The smallest absolute Gasteiger partial charge is 0.271 e. The average molecular weight is 264 g/mol. The minimum absolute atomic E-state index is 0.0359. The molecule has 2 rings (SSSR count). The summed E-state index contributed by atoms with van der Waals surface area (Å²) in [7, 11) is 0. The lowest BCUT2D eigenvalue weighted by molar-refractivity contribution is -0.384. The highest BCUT2D eigenvalue weighted by Gasteiger charge is 2.33. The third kappa shape index (κ3) is 2.38. The number of benzene rings is 1. The number of amides is 1. The first-order chi connectivity index (χ1) is 9.08. The number of hydrogen-bond acceptors (Lipinski definition) is 4. The minimum Gasteiger partial charge on any atom is -0.478 e. The van der Waals surface area contributed by atoms with Crippen LogP contribution in [0.2, 0.25) is 0 Å². The molecule has 0 aliphatic carbocycles. The highest BCUT2D eigenvalue weighted by atomic mass is 16.6. The molecule has 0 saturated carbocycles. The molecular formula is C13H16N2O4. The van der Waals surface area contributed by atoms with E-state index in [0.29, 0.717) is 24.4 Å². The summed E-state index contributed by atoms with van der Waals surface area (Å²) in [6, 6.07) is 4.35. The molecular weight excluding hydrogens is 248 g/mol. The predicted octanol–water partition coefficient (Wildman–Crippen LogP) is 2.51. The topological polar surface area (TPSA) is 72.7 Å². The van der Waals surface area contributed by atoms with E-state index in [1.807, 2.05) is 13.8 Å². The van der Waals surface area contributed by atoms with Crippen LogP contribution in [-0.2, 0) is 4.79 Å². The summed E-state index contributed by atoms with van der Waals surface area (Å²) < 4.78 is 5.59. The molecule has 0 radical (unpaired) electrons. The van der Waals surface area contributed by atoms with Gasteiger partial charge in [-0.25, -0.2) is 0 Å². The Kier molecular flexibility index (Phi) is 3.69. The van der Waals surface area contributed by atoms with Gasteiger partial charge in [-0.15, -0.1) is 0 Å². The van der Waals surface area contributed by atoms with Crippen molar-refractivity contribution < 1.29 is 14.5 Å². The van der Waals surface area contributed by atoms with E-state index in [9.17, 15) is 14.9 Å². The first-order valence-electron chi connectivity index (χ1n) is 6.35. The monoisotopic (exact) mass is 264 g/mol. The Morgan fingerprint density at radius 1 is 1.42 bits per heavy atom. The number of carbonyl (C=O) groups is 1. The molecule has 1 unspecified atom stereocenters. The number of rotatable bonds is 4. The molecule has 102 valence electrons. The Morgan fingerprint density at radius 3 is 2.74 bits per heavy atom. The molecule has 1 amide bonds. The van der Waals surface area contributed by atoms with Crippen LogP contribution in [0.1, 0.15) is 26.7 Å². The molecule has 1 aliphatic heterocycles. The van der Waals surface area contributed by atoms with Gasteiger partial charge in [-0.3, -0.25) is 14.9 Å². The molecule has 1 aromatic rings. The molecule has 1 aromatic carbocycles. The van der Waals surface area contributed by atoms with Gasteiger partial charge in [0.2, 0.25) is 0 Å². The number of nitro groups is 1. The number of fused-ring (bicyclic) bond motifs is 1. The van der Waals surface area contributed by atoms with Gasteiger partial charge in [0.15, 0.2) is 6.10 Å². The van der Waals surface area contributed by atoms with E-state index >= 15 is 0 Å². The summed E-state index contributed by atoms with van der Waals surface area (Å²) in [5.41, 5.74) is 0.456. The molecule has 19 heavy (non-hydrogen) atoms. The molecule has 0 N–H and O–H groups in total. The number of nitrogens with zero attached hydrogens (tertiary/aromatic N) is 2. The highest BCUT2D eigenvalue weighted by Crippen LogP contribution is 2.37. The minimum atomic E-state index is -0.500. The van der Waals surface area contributed by atoms with Crippen molar-refractivity contribution in [3.05, 3.63) is 28.3 Å². The number of nitro benzene ring substituents is 1. The van der Waals surface area contributed by atoms with Gasteiger partial charge in [0.05, 0.1) is 10.6 Å². The Hall–Kier alpha value is -2.11. The van der Waals surface area contributed by atoms with Crippen molar-refractivity contribution in [2.75, 3.05) is 11.4 Å². The van der Waals surface area contributed by atoms with Crippen molar-refractivity contribution in [2.45, 2.75) is 32.8 Å². The summed E-state index contributed by atoms with van der Waals surface area (Å²) in [5, 5.41) is 10.8. The Morgan fingerprint density at radius 2 is 2.16 bits per heavy atom. The van der Waals surface area contributed by atoms with E-state index in [1.54, 1.807) is 11.0 Å². The normalized spacial score (nSPS) is 17.9. The SMILES string of the molecule is CCCN1C(=O)C(CC)Oc2ccc([N+](=O)[O-])cc21. The van der Waals surface area contributed by atoms with Crippen LogP contribution in [-0.4, -0.2) is 23.5 Å². The highest BCUT2D eigenvalue weighted by molar-refractivity contribution is 6.00. The molecule has 0 saturated heterocycles. The number of hydrogen-bond donors (Lipinski definition) is 0. The first-order valence-corrected chi connectivity index (χ1v) is 6.35. The summed E-state index contributed by atoms with van der Waals surface area (Å²) in [5.74, 6) is 0.405. The zero-order chi connectivity index (χ0) is 14.0. The number of carbonyl (C=O) groups excluding carboxylic acids is 1. The van der Waals surface area contributed by atoms with Gasteiger partial charge in [-0.1, -0.05) is 13.8 Å². The van der Waals surface area contributed by atoms with E-state index in [4.69, 9.17) is 4.74 Å². The van der Waals surface area contributed by atoms with Gasteiger partial charge in [-0.05, 0) is 18.9 Å². The molecule has 1 atom stereocenters. The summed E-state index contributed by atoms with van der Waals surface area (Å²) in [6.07, 6.45) is 0.861. The third-order valence-corrected chi connectivity index (χ3v) is 3.07. The van der Waals surface area contributed by atoms with Crippen LogP contribution in [0.4, 0.5) is 11.4 Å². The van der Waals surface area contributed by atoms with Gasteiger partial charge in [0, 0.05) is 18.7 Å². The van der Waals surface area contributed by atoms with E-state index in [-0.39, 0.29) is 11.6 Å². The molecule has 0 spiro atoms. The second kappa shape index (κ2) is 5.26. The van der Waals surface area contributed by atoms with E-state index < -0.39 is 11.0 Å². The van der Waals surface area contributed by atoms with Crippen LogP contribution in [0.25, 0.3) is 0 Å². The van der Waals surface area contributed by atoms with Crippen LogP contribution in [0.3, 0.4) is 0 Å². The third-order valence-electron chi connectivity index (χ3n) is 3.07. The Labute approximate surface area is 111 Å². The van der Waals surface area contributed by atoms with Crippen molar-refractivity contribution in [3.63, 3.8) is 0 Å². The van der Waals surface area contributed by atoms with Crippen LogP contribution in [0, 0.1) is 10.1 Å². The zero-order valence-corrected chi connectivity index (χ0v) is 11.0. The lowest BCUT2D eigenvalue weighted by Crippen LogP contribution is -2.45. The maximum atomic E-state index is 12.2. The van der Waals surface area contributed by atoms with Gasteiger partial charge in [0.1, 0.15) is 5.75 Å². The van der Waals surface area contributed by atoms with Crippen molar-refractivity contribution >= 4 is 17.3 Å². The number of non-ortho nitro benzene ring substituents is 1. The van der Waals surface area contributed by atoms with Crippen LogP contribution >= 0.6 is 0 Å². The molecule has 1 aliphatic rings. The van der Waals surface area contributed by atoms with Crippen molar-refractivity contribution in [3.8, 4) is 5.75 Å². The zero-order valence-electron chi connectivity index (χ0n) is 11.0. The standard InChI is InChI=1S/C13H16N2O4/c1-3-7-14-10-8-9(15(17)18)5-6-12(10)19-11(4-2)13(14)16/h5-6,8,11H,3-4,7H2,1-2H3. The first kappa shape index (κ1) is 13.3. The van der Waals surface area contributed by atoms with Gasteiger partial charge in [-0.2, -0.15) is 0 Å². The molecule has 6 nitrogen and oxygen atoms in total. The number of anilines is 1. The van der Waals surface area contributed by atoms with Crippen molar-refractivity contribution in [1.29, 1.82) is 0 Å². The second-order valence-electron chi connectivity index (χ2n) is 4.41. The van der Waals surface area contributed by atoms with Gasteiger partial charge < -0.3 is 9.64 Å². The molecule has 6 heteroatoms. The maximum absolute atomic E-state index is 12.2. The molecule has 0 bridgehead atoms. The average Bonchev–Trinajstić information content (AvgIpc) is 2.41. The van der Waals surface area contributed by atoms with E-state index in [2.05, 4.69) is 0 Å². The predicted molar refractivity (Wildman–Crippen MR) is 70.4 cm³/mol. The summed E-state index contributed by atoms with van der Waals surface area (Å²) in [4.78, 5) is 24.1. The van der Waals surface area contributed by atoms with Gasteiger partial charge in [0.25, 0.3) is 11.6 Å². The lowest BCUT2D eigenvalue weighted by Gasteiger charge is -2.33. The number of ether oxygens (including phenoxy) is 1. The fourth-order valence-electron chi connectivity index (χ4n) is 2.14. The fourth-order valence-corrected chi connectivity index (χ4v) is 2.14. The van der Waals surface area contributed by atoms with Crippen molar-refractivity contribution in [1.82, 2.24) is 0 Å². The summed E-state index contributed by atoms with van der Waals surface area (Å²) in [6.45, 7) is 4.37. The molecule has 0 aromatic heterocycles. The van der Waals surface area contributed by atoms with E-state index in [1.165, 1.54) is 12.1 Å². The Bertz CT molecular complexity index is 515. The maximum Gasteiger partial charge on any atom is 0.271 e. The lowest BCUT2D eigenvalue weighted by atomic mass is 10.1. The van der Waals surface area contributed by atoms with Gasteiger partial charge >= 0.3 is 0 Å². The Balaban J connectivity index is 2.47. The van der Waals surface area contributed by atoms with Crippen LogP contribution in [0.15, 0.2) is 18.2 Å². The second-order valence-corrected chi connectivity index (χ2v) is 4.41.